The number of hydrogen-bond donors (Lipinski definition) is 1. The predicted octanol–water partition coefficient (Wildman–Crippen LogP) is 3.41. The largest absolute Gasteiger partial charge is 0.292 e. The first-order valence-corrected chi connectivity index (χ1v) is 9.12. The summed E-state index contributed by atoms with van der Waals surface area (Å²) >= 11 is 0. The van der Waals surface area contributed by atoms with Gasteiger partial charge in [0.2, 0.25) is 10.0 Å². The van der Waals surface area contributed by atoms with Crippen LogP contribution in [0.5, 0.6) is 0 Å². The first kappa shape index (κ1) is 18.1. The molecule has 1 N–H and O–H groups in total. The monoisotopic (exact) mass is 343 g/mol. The lowest BCUT2D eigenvalue weighted by atomic mass is 10.0. The molecule has 2 rings (SSSR count). The molecule has 24 heavy (non-hydrogen) atoms. The summed E-state index contributed by atoms with van der Waals surface area (Å²) in [5.74, 6) is -0.273. The Labute approximate surface area is 143 Å². The number of Topliss-reactive ketones (excluding diaryl/α,β-unsaturated/α-hetero) is 1. The molecule has 126 valence electrons. The number of carbonyl (C=O) groups is 1. The molecule has 0 amide bonds. The van der Waals surface area contributed by atoms with Crippen LogP contribution in [0.15, 0.2) is 66.1 Å². The van der Waals surface area contributed by atoms with Crippen molar-refractivity contribution in [3.05, 3.63) is 77.9 Å². The Morgan fingerprint density at radius 3 is 2.04 bits per heavy atom. The third kappa shape index (κ3) is 4.40. The lowest BCUT2D eigenvalue weighted by Crippen LogP contribution is -2.40. The molecule has 0 aliphatic rings. The van der Waals surface area contributed by atoms with Gasteiger partial charge in [0.1, 0.15) is 0 Å². The van der Waals surface area contributed by atoms with E-state index in [0.29, 0.717) is 5.56 Å². The first-order valence-electron chi connectivity index (χ1n) is 7.64. The Bertz CT molecular complexity index is 822. The van der Waals surface area contributed by atoms with E-state index in [1.54, 1.807) is 24.3 Å². The molecule has 0 spiro atoms. The van der Waals surface area contributed by atoms with E-state index in [-0.39, 0.29) is 17.1 Å². The fraction of sp³-hybridized carbons (Fsp3) is 0.211. The minimum absolute atomic E-state index is 0.138. The van der Waals surface area contributed by atoms with Crippen molar-refractivity contribution in [2.45, 2.75) is 31.2 Å². The topological polar surface area (TPSA) is 63.2 Å². The van der Waals surface area contributed by atoms with Crippen molar-refractivity contribution < 1.29 is 13.2 Å². The number of nitrogens with one attached hydrogen (secondary N) is 1. The van der Waals surface area contributed by atoms with Gasteiger partial charge in [-0.25, -0.2) is 8.42 Å². The van der Waals surface area contributed by atoms with Gasteiger partial charge in [-0.15, -0.1) is 6.58 Å². The van der Waals surface area contributed by atoms with Crippen molar-refractivity contribution in [3.8, 4) is 0 Å². The molecule has 0 heterocycles. The van der Waals surface area contributed by atoms with Crippen LogP contribution in [-0.2, 0) is 10.0 Å². The van der Waals surface area contributed by atoms with Gasteiger partial charge in [-0.05, 0) is 32.4 Å². The second-order valence-electron chi connectivity index (χ2n) is 5.74. The summed E-state index contributed by atoms with van der Waals surface area (Å²) in [6.45, 7) is 7.42. The van der Waals surface area contributed by atoms with Gasteiger partial charge in [-0.1, -0.05) is 53.6 Å². The molecular weight excluding hydrogens is 322 g/mol. The number of carbonyl (C=O) groups excluding carboxylic acids is 1. The molecule has 0 aromatic heterocycles. The van der Waals surface area contributed by atoms with E-state index in [1.807, 2.05) is 26.0 Å². The van der Waals surface area contributed by atoms with Gasteiger partial charge in [0, 0.05) is 5.56 Å². The summed E-state index contributed by atoms with van der Waals surface area (Å²) in [5.41, 5.74) is 2.47. The molecule has 0 fully saturated rings. The van der Waals surface area contributed by atoms with Crippen LogP contribution >= 0.6 is 0 Å². The molecule has 2 aromatic carbocycles. The smallest absolute Gasteiger partial charge is 0.241 e. The molecule has 4 nitrogen and oxygen atoms in total. The van der Waals surface area contributed by atoms with E-state index in [2.05, 4.69) is 11.3 Å². The van der Waals surface area contributed by atoms with Gasteiger partial charge in [0.05, 0.1) is 10.9 Å². The van der Waals surface area contributed by atoms with Crippen LogP contribution in [0, 0.1) is 13.8 Å². The molecule has 2 aromatic rings. The van der Waals surface area contributed by atoms with Crippen LogP contribution < -0.4 is 4.72 Å². The van der Waals surface area contributed by atoms with Gasteiger partial charge in [0.25, 0.3) is 0 Å². The highest BCUT2D eigenvalue weighted by molar-refractivity contribution is 7.89. The second-order valence-corrected chi connectivity index (χ2v) is 7.46. The van der Waals surface area contributed by atoms with E-state index < -0.39 is 16.1 Å². The van der Waals surface area contributed by atoms with Crippen LogP contribution in [0.4, 0.5) is 0 Å². The van der Waals surface area contributed by atoms with E-state index in [4.69, 9.17) is 0 Å². The van der Waals surface area contributed by atoms with Crippen LogP contribution in [-0.4, -0.2) is 20.2 Å². The van der Waals surface area contributed by atoms with Crippen molar-refractivity contribution in [1.82, 2.24) is 4.72 Å². The molecule has 5 heteroatoms. The molecule has 0 bridgehead atoms. The predicted molar refractivity (Wildman–Crippen MR) is 95.6 cm³/mol. The Morgan fingerprint density at radius 2 is 1.54 bits per heavy atom. The average Bonchev–Trinajstić information content (AvgIpc) is 2.55. The molecule has 1 atom stereocenters. The maximum Gasteiger partial charge on any atom is 0.241 e. The minimum atomic E-state index is -3.78. The van der Waals surface area contributed by atoms with Gasteiger partial charge < -0.3 is 0 Å². The maximum atomic E-state index is 12.6. The number of sulfonamides is 1. The highest BCUT2D eigenvalue weighted by Gasteiger charge is 2.25. The van der Waals surface area contributed by atoms with Crippen molar-refractivity contribution in [2.24, 2.45) is 0 Å². The zero-order chi connectivity index (χ0) is 17.7. The SMILES string of the molecule is C=CCC(NS(=O)(=O)c1ccc(C)cc1)C(=O)c1ccc(C)cc1. The van der Waals surface area contributed by atoms with Crippen molar-refractivity contribution in [2.75, 3.05) is 0 Å². The van der Waals surface area contributed by atoms with Crippen molar-refractivity contribution in [1.29, 1.82) is 0 Å². The first-order chi connectivity index (χ1) is 11.3. The molecule has 0 aliphatic carbocycles. The Balaban J connectivity index is 2.27. The van der Waals surface area contributed by atoms with Crippen LogP contribution in [0.1, 0.15) is 27.9 Å². The zero-order valence-electron chi connectivity index (χ0n) is 13.8. The number of benzene rings is 2. The molecule has 0 saturated carbocycles. The minimum Gasteiger partial charge on any atom is -0.292 e. The van der Waals surface area contributed by atoms with Gasteiger partial charge >= 0.3 is 0 Å². The van der Waals surface area contributed by atoms with Crippen molar-refractivity contribution >= 4 is 15.8 Å². The maximum absolute atomic E-state index is 12.6. The fourth-order valence-corrected chi connectivity index (χ4v) is 3.48. The fourth-order valence-electron chi connectivity index (χ4n) is 2.27. The Morgan fingerprint density at radius 1 is 1.04 bits per heavy atom. The summed E-state index contributed by atoms with van der Waals surface area (Å²) in [6.07, 6.45) is 1.76. The van der Waals surface area contributed by atoms with E-state index in [9.17, 15) is 13.2 Å². The number of ketones is 1. The molecule has 0 aliphatic heterocycles. The normalized spacial score (nSPS) is 12.6. The number of aryl methyl sites for hydroxylation is 2. The second kappa shape index (κ2) is 7.55. The molecular formula is C19H21NO3S. The standard InChI is InChI=1S/C19H21NO3S/c1-4-5-18(19(21)16-10-6-14(2)7-11-16)20-24(22,23)17-12-8-15(3)9-13-17/h4,6-13,18,20H,1,5H2,2-3H3. The van der Waals surface area contributed by atoms with Gasteiger partial charge in [-0.3, -0.25) is 4.79 Å². The van der Waals surface area contributed by atoms with E-state index in [0.717, 1.165) is 11.1 Å². The third-order valence-corrected chi connectivity index (χ3v) is 5.17. The third-order valence-electron chi connectivity index (χ3n) is 3.68. The molecule has 0 radical (unpaired) electrons. The number of hydrogen-bond acceptors (Lipinski definition) is 3. The van der Waals surface area contributed by atoms with E-state index >= 15 is 0 Å². The Hall–Kier alpha value is -2.24. The quantitative estimate of drug-likeness (QED) is 0.619. The lowest BCUT2D eigenvalue weighted by molar-refractivity contribution is 0.0954. The average molecular weight is 343 g/mol. The highest BCUT2D eigenvalue weighted by atomic mass is 32.2. The molecule has 1 unspecified atom stereocenters. The summed E-state index contributed by atoms with van der Waals surface area (Å²) in [6, 6.07) is 12.7. The molecule has 0 saturated heterocycles. The zero-order valence-corrected chi connectivity index (χ0v) is 14.6. The van der Waals surface area contributed by atoms with Gasteiger partial charge in [0.15, 0.2) is 5.78 Å². The van der Waals surface area contributed by atoms with Crippen LogP contribution in [0.3, 0.4) is 0 Å². The lowest BCUT2D eigenvalue weighted by Gasteiger charge is -2.16. The highest BCUT2D eigenvalue weighted by Crippen LogP contribution is 2.14. The number of rotatable bonds is 7. The summed E-state index contributed by atoms with van der Waals surface area (Å²) < 4.78 is 27.5. The van der Waals surface area contributed by atoms with Crippen LogP contribution in [0.2, 0.25) is 0 Å². The van der Waals surface area contributed by atoms with Crippen LogP contribution in [0.25, 0.3) is 0 Å². The summed E-state index contributed by atoms with van der Waals surface area (Å²) in [5, 5.41) is 0. The summed E-state index contributed by atoms with van der Waals surface area (Å²) in [7, 11) is -3.78. The van der Waals surface area contributed by atoms with E-state index in [1.165, 1.54) is 18.2 Å². The van der Waals surface area contributed by atoms with Gasteiger partial charge in [-0.2, -0.15) is 4.72 Å². The van der Waals surface area contributed by atoms with Crippen molar-refractivity contribution in [3.63, 3.8) is 0 Å². The summed E-state index contributed by atoms with van der Waals surface area (Å²) in [4.78, 5) is 12.8. The Kier molecular flexibility index (Phi) is 5.70.